The molecule has 2 rings (SSSR count). The number of tetrazole rings is 1. The number of methoxy groups -OCH3 is 1. The van der Waals surface area contributed by atoms with Crippen molar-refractivity contribution in [2.75, 3.05) is 7.11 Å². The van der Waals surface area contributed by atoms with Gasteiger partial charge in [-0.15, -0.1) is 10.2 Å². The van der Waals surface area contributed by atoms with Crippen LogP contribution in [0.15, 0.2) is 22.7 Å². The van der Waals surface area contributed by atoms with Crippen molar-refractivity contribution in [3.63, 3.8) is 0 Å². The molecule has 1 aromatic carbocycles. The highest BCUT2D eigenvalue weighted by Gasteiger charge is 2.09. The zero-order chi connectivity index (χ0) is 13.0. The molecule has 0 spiro atoms. The zero-order valence-corrected chi connectivity index (χ0v) is 11.7. The SMILES string of the molecule is COc1ccc(CNC(C)c2nn[nH]n2)cc1Br. The second kappa shape index (κ2) is 5.92. The monoisotopic (exact) mass is 311 g/mol. The lowest BCUT2D eigenvalue weighted by Gasteiger charge is -2.11. The van der Waals surface area contributed by atoms with Crippen molar-refractivity contribution in [3.05, 3.63) is 34.1 Å². The van der Waals surface area contributed by atoms with Crippen LogP contribution in [0.3, 0.4) is 0 Å². The van der Waals surface area contributed by atoms with Gasteiger partial charge in [0.15, 0.2) is 5.82 Å². The minimum absolute atomic E-state index is 0.0460. The molecular weight excluding hydrogens is 298 g/mol. The maximum atomic E-state index is 5.18. The van der Waals surface area contributed by atoms with Gasteiger partial charge in [0.25, 0.3) is 0 Å². The summed E-state index contributed by atoms with van der Waals surface area (Å²) < 4.78 is 6.13. The smallest absolute Gasteiger partial charge is 0.191 e. The van der Waals surface area contributed by atoms with Crippen LogP contribution in [0, 0.1) is 0 Å². The topological polar surface area (TPSA) is 75.7 Å². The standard InChI is InChI=1S/C11H14BrN5O/c1-7(11-14-16-17-15-11)13-6-8-3-4-10(18-2)9(12)5-8/h3-5,7,13H,6H2,1-2H3,(H,14,15,16,17). The van der Waals surface area contributed by atoms with Gasteiger partial charge in [0.2, 0.25) is 0 Å². The Kier molecular flexibility index (Phi) is 4.27. The van der Waals surface area contributed by atoms with E-state index in [2.05, 4.69) is 41.9 Å². The van der Waals surface area contributed by atoms with Crippen molar-refractivity contribution < 1.29 is 4.74 Å². The van der Waals surface area contributed by atoms with Gasteiger partial charge in [0.05, 0.1) is 17.6 Å². The van der Waals surface area contributed by atoms with Crippen LogP contribution in [0.25, 0.3) is 0 Å². The Morgan fingerprint density at radius 1 is 1.50 bits per heavy atom. The molecule has 2 aromatic rings. The van der Waals surface area contributed by atoms with Crippen molar-refractivity contribution in [2.24, 2.45) is 0 Å². The van der Waals surface area contributed by atoms with Crippen LogP contribution in [0.5, 0.6) is 5.75 Å². The number of nitrogens with one attached hydrogen (secondary N) is 2. The van der Waals surface area contributed by atoms with Gasteiger partial charge in [-0.05, 0) is 40.5 Å². The molecule has 1 heterocycles. The number of rotatable bonds is 5. The van der Waals surface area contributed by atoms with Gasteiger partial charge >= 0.3 is 0 Å². The van der Waals surface area contributed by atoms with E-state index in [4.69, 9.17) is 4.74 Å². The van der Waals surface area contributed by atoms with Crippen molar-refractivity contribution in [1.29, 1.82) is 0 Å². The third-order valence-corrected chi connectivity index (χ3v) is 3.20. The first-order valence-corrected chi connectivity index (χ1v) is 6.29. The molecule has 1 aromatic heterocycles. The van der Waals surface area contributed by atoms with Crippen molar-refractivity contribution in [1.82, 2.24) is 25.9 Å². The van der Waals surface area contributed by atoms with Gasteiger partial charge in [-0.25, -0.2) is 0 Å². The number of aromatic nitrogens is 4. The molecule has 2 N–H and O–H groups in total. The van der Waals surface area contributed by atoms with Crippen LogP contribution >= 0.6 is 15.9 Å². The molecule has 1 unspecified atom stereocenters. The molecule has 0 fully saturated rings. The molecule has 18 heavy (non-hydrogen) atoms. The molecule has 0 aliphatic heterocycles. The van der Waals surface area contributed by atoms with E-state index in [1.165, 1.54) is 0 Å². The largest absolute Gasteiger partial charge is 0.496 e. The number of aromatic amines is 1. The fourth-order valence-electron chi connectivity index (χ4n) is 1.54. The number of hydrogen-bond donors (Lipinski definition) is 2. The fraction of sp³-hybridized carbons (Fsp3) is 0.364. The van der Waals surface area contributed by atoms with Crippen LogP contribution < -0.4 is 10.1 Å². The lowest BCUT2D eigenvalue weighted by Crippen LogP contribution is -2.19. The summed E-state index contributed by atoms with van der Waals surface area (Å²) in [6, 6.07) is 6.01. The predicted octanol–water partition coefficient (Wildman–Crippen LogP) is 1.82. The van der Waals surface area contributed by atoms with Gasteiger partial charge in [-0.3, -0.25) is 0 Å². The van der Waals surface area contributed by atoms with Crippen molar-refractivity contribution in [2.45, 2.75) is 19.5 Å². The Labute approximate surface area is 113 Å². The van der Waals surface area contributed by atoms with Gasteiger partial charge < -0.3 is 10.1 Å². The maximum absolute atomic E-state index is 5.18. The fourth-order valence-corrected chi connectivity index (χ4v) is 2.12. The minimum atomic E-state index is 0.0460. The summed E-state index contributed by atoms with van der Waals surface area (Å²) in [6.07, 6.45) is 0. The Balaban J connectivity index is 1.96. The molecular formula is C11H14BrN5O. The van der Waals surface area contributed by atoms with E-state index >= 15 is 0 Å². The second-order valence-electron chi connectivity index (χ2n) is 3.84. The number of benzene rings is 1. The van der Waals surface area contributed by atoms with E-state index in [0.29, 0.717) is 5.82 Å². The van der Waals surface area contributed by atoms with E-state index in [0.717, 1.165) is 22.3 Å². The molecule has 0 saturated carbocycles. The number of hydrogen-bond acceptors (Lipinski definition) is 5. The lowest BCUT2D eigenvalue weighted by molar-refractivity contribution is 0.412. The Bertz CT molecular complexity index is 502. The number of halogens is 1. The molecule has 0 saturated heterocycles. The van der Waals surface area contributed by atoms with E-state index in [1.54, 1.807) is 7.11 Å². The molecule has 6 nitrogen and oxygen atoms in total. The van der Waals surface area contributed by atoms with E-state index < -0.39 is 0 Å². The minimum Gasteiger partial charge on any atom is -0.496 e. The van der Waals surface area contributed by atoms with Gasteiger partial charge in [0.1, 0.15) is 5.75 Å². The zero-order valence-electron chi connectivity index (χ0n) is 10.1. The number of ether oxygens (including phenoxy) is 1. The van der Waals surface area contributed by atoms with E-state index in [1.807, 2.05) is 25.1 Å². The predicted molar refractivity (Wildman–Crippen MR) is 70.1 cm³/mol. The summed E-state index contributed by atoms with van der Waals surface area (Å²) in [4.78, 5) is 0. The Hall–Kier alpha value is -1.47. The molecule has 0 amide bonds. The van der Waals surface area contributed by atoms with Crippen LogP contribution in [-0.2, 0) is 6.54 Å². The van der Waals surface area contributed by atoms with Gasteiger partial charge in [-0.2, -0.15) is 5.21 Å². The quantitative estimate of drug-likeness (QED) is 0.881. The number of nitrogens with zero attached hydrogens (tertiary/aromatic N) is 3. The van der Waals surface area contributed by atoms with Crippen LogP contribution in [0.4, 0.5) is 0 Å². The summed E-state index contributed by atoms with van der Waals surface area (Å²) in [5.41, 5.74) is 1.15. The molecule has 7 heteroatoms. The molecule has 0 aliphatic carbocycles. The van der Waals surface area contributed by atoms with Crippen molar-refractivity contribution in [3.8, 4) is 5.75 Å². The van der Waals surface area contributed by atoms with Crippen molar-refractivity contribution >= 4 is 15.9 Å². The highest BCUT2D eigenvalue weighted by molar-refractivity contribution is 9.10. The normalized spacial score (nSPS) is 12.4. The third kappa shape index (κ3) is 3.05. The first-order chi connectivity index (χ1) is 8.70. The summed E-state index contributed by atoms with van der Waals surface area (Å²) in [5.74, 6) is 1.48. The van der Waals surface area contributed by atoms with Gasteiger partial charge in [0, 0.05) is 6.54 Å². The number of H-pyrrole nitrogens is 1. The molecule has 0 bridgehead atoms. The lowest BCUT2D eigenvalue weighted by atomic mass is 10.2. The highest BCUT2D eigenvalue weighted by atomic mass is 79.9. The second-order valence-corrected chi connectivity index (χ2v) is 4.70. The van der Waals surface area contributed by atoms with Gasteiger partial charge in [-0.1, -0.05) is 11.3 Å². The first kappa shape index (κ1) is 13.0. The average molecular weight is 312 g/mol. The summed E-state index contributed by atoms with van der Waals surface area (Å²) in [6.45, 7) is 2.71. The Morgan fingerprint density at radius 2 is 2.33 bits per heavy atom. The Morgan fingerprint density at radius 3 is 2.94 bits per heavy atom. The van der Waals surface area contributed by atoms with Crippen LogP contribution in [0.2, 0.25) is 0 Å². The van der Waals surface area contributed by atoms with E-state index in [-0.39, 0.29) is 6.04 Å². The molecule has 0 radical (unpaired) electrons. The van der Waals surface area contributed by atoms with Crippen LogP contribution in [0.1, 0.15) is 24.4 Å². The molecule has 96 valence electrons. The first-order valence-electron chi connectivity index (χ1n) is 5.50. The summed E-state index contributed by atoms with van der Waals surface area (Å²) >= 11 is 3.46. The van der Waals surface area contributed by atoms with Crippen LogP contribution in [-0.4, -0.2) is 27.7 Å². The summed E-state index contributed by atoms with van der Waals surface area (Å²) in [5, 5.41) is 17.2. The highest BCUT2D eigenvalue weighted by Crippen LogP contribution is 2.25. The average Bonchev–Trinajstić information content (AvgIpc) is 2.90. The van der Waals surface area contributed by atoms with E-state index in [9.17, 15) is 0 Å². The molecule has 1 atom stereocenters. The molecule has 0 aliphatic rings. The third-order valence-electron chi connectivity index (χ3n) is 2.58. The maximum Gasteiger partial charge on any atom is 0.191 e. The summed E-state index contributed by atoms with van der Waals surface area (Å²) in [7, 11) is 1.65.